The van der Waals surface area contributed by atoms with E-state index in [1.165, 1.54) is 18.2 Å². The van der Waals surface area contributed by atoms with E-state index < -0.39 is 16.7 Å². The van der Waals surface area contributed by atoms with Crippen LogP contribution in [0.25, 0.3) is 22.0 Å². The Morgan fingerprint density at radius 1 is 1.07 bits per heavy atom. The molecule has 0 saturated heterocycles. The van der Waals surface area contributed by atoms with Crippen LogP contribution in [0, 0.1) is 10.1 Å². The number of nitro groups is 1. The molecule has 2 aromatic carbocycles. The number of non-ortho nitro benzene ring substituents is 1. The van der Waals surface area contributed by atoms with E-state index >= 15 is 0 Å². The molecule has 2 amide bonds. The van der Waals surface area contributed by atoms with Crippen LogP contribution in [0.1, 0.15) is 11.1 Å². The number of nitrogens with zero attached hydrogens (tertiary/aromatic N) is 2. The van der Waals surface area contributed by atoms with Crippen LogP contribution < -0.4 is 5.32 Å². The lowest BCUT2D eigenvalue weighted by Gasteiger charge is -2.04. The summed E-state index contributed by atoms with van der Waals surface area (Å²) in [4.78, 5) is 35.6. The second-order valence-corrected chi connectivity index (χ2v) is 6.59. The third-order valence-electron chi connectivity index (χ3n) is 4.50. The molecule has 27 heavy (non-hydrogen) atoms. The van der Waals surface area contributed by atoms with Gasteiger partial charge >= 0.3 is 0 Å². The molecular formula is C19H12ClN3O4. The minimum atomic E-state index is -0.588. The summed E-state index contributed by atoms with van der Waals surface area (Å²) in [6.07, 6.45) is 1.74. The Bertz CT molecular complexity index is 1190. The molecule has 0 aliphatic carbocycles. The minimum Gasteiger partial charge on any atom is -0.350 e. The number of nitrogens with one attached hydrogen (secondary N) is 1. The normalized spacial score (nSPS) is 14.1. The van der Waals surface area contributed by atoms with Gasteiger partial charge in [-0.2, -0.15) is 0 Å². The van der Waals surface area contributed by atoms with Crippen molar-refractivity contribution in [3.63, 3.8) is 0 Å². The number of imide groups is 1. The SMILES string of the molecule is Cn1cc(C2=C(c3cccc([N+](=O)[O-])c3)C(=O)NC2=O)c2cc(Cl)ccc21. The number of nitro benzene ring substituents is 1. The first kappa shape index (κ1) is 17.0. The van der Waals surface area contributed by atoms with Gasteiger partial charge in [-0.3, -0.25) is 25.0 Å². The zero-order chi connectivity index (χ0) is 19.3. The van der Waals surface area contributed by atoms with Crippen LogP contribution in [-0.2, 0) is 16.6 Å². The van der Waals surface area contributed by atoms with Gasteiger partial charge in [-0.1, -0.05) is 23.7 Å². The number of amides is 2. The fourth-order valence-electron chi connectivity index (χ4n) is 3.33. The van der Waals surface area contributed by atoms with Gasteiger partial charge in [0.1, 0.15) is 0 Å². The number of carbonyl (C=O) groups is 2. The molecule has 2 heterocycles. The molecule has 0 spiro atoms. The highest BCUT2D eigenvalue weighted by Crippen LogP contribution is 2.37. The van der Waals surface area contributed by atoms with Crippen LogP contribution in [0.15, 0.2) is 48.7 Å². The quantitative estimate of drug-likeness (QED) is 0.428. The van der Waals surface area contributed by atoms with Gasteiger partial charge in [0.2, 0.25) is 0 Å². The molecular weight excluding hydrogens is 370 g/mol. The molecule has 0 atom stereocenters. The average Bonchev–Trinajstić information content (AvgIpc) is 3.10. The van der Waals surface area contributed by atoms with E-state index in [1.807, 2.05) is 17.7 Å². The van der Waals surface area contributed by atoms with Crippen molar-refractivity contribution in [1.29, 1.82) is 0 Å². The molecule has 0 fully saturated rings. The van der Waals surface area contributed by atoms with E-state index in [-0.39, 0.29) is 16.8 Å². The number of fused-ring (bicyclic) bond motifs is 1. The van der Waals surface area contributed by atoms with Gasteiger partial charge in [0, 0.05) is 46.9 Å². The van der Waals surface area contributed by atoms with Crippen LogP contribution in [0.5, 0.6) is 0 Å². The number of hydrogen-bond donors (Lipinski definition) is 1. The number of carbonyl (C=O) groups excluding carboxylic acids is 2. The van der Waals surface area contributed by atoms with Gasteiger partial charge in [-0.05, 0) is 23.8 Å². The summed E-state index contributed by atoms with van der Waals surface area (Å²) in [6, 6.07) is 10.9. The number of benzene rings is 2. The Kier molecular flexibility index (Phi) is 3.82. The molecule has 1 aliphatic rings. The van der Waals surface area contributed by atoms with Crippen molar-refractivity contribution < 1.29 is 14.5 Å². The Balaban J connectivity index is 2.03. The zero-order valence-electron chi connectivity index (χ0n) is 14.0. The second kappa shape index (κ2) is 6.07. The highest BCUT2D eigenvalue weighted by atomic mass is 35.5. The first-order valence-electron chi connectivity index (χ1n) is 7.96. The van der Waals surface area contributed by atoms with Gasteiger partial charge in [0.05, 0.1) is 16.1 Å². The van der Waals surface area contributed by atoms with Crippen molar-refractivity contribution in [1.82, 2.24) is 9.88 Å². The molecule has 4 rings (SSSR count). The number of aryl methyl sites for hydroxylation is 1. The van der Waals surface area contributed by atoms with E-state index in [2.05, 4.69) is 5.32 Å². The highest BCUT2D eigenvalue weighted by Gasteiger charge is 2.34. The van der Waals surface area contributed by atoms with Crippen molar-refractivity contribution in [2.24, 2.45) is 7.05 Å². The van der Waals surface area contributed by atoms with Gasteiger partial charge in [-0.25, -0.2) is 0 Å². The number of aromatic nitrogens is 1. The van der Waals surface area contributed by atoms with E-state index in [1.54, 1.807) is 24.4 Å². The van der Waals surface area contributed by atoms with Crippen LogP contribution in [-0.4, -0.2) is 21.3 Å². The summed E-state index contributed by atoms with van der Waals surface area (Å²) in [5.74, 6) is -1.14. The molecule has 134 valence electrons. The second-order valence-electron chi connectivity index (χ2n) is 6.16. The van der Waals surface area contributed by atoms with Gasteiger partial charge in [-0.15, -0.1) is 0 Å². The topological polar surface area (TPSA) is 94.2 Å². The Labute approximate surface area is 158 Å². The summed E-state index contributed by atoms with van der Waals surface area (Å²) < 4.78 is 1.83. The molecule has 8 heteroatoms. The summed E-state index contributed by atoms with van der Waals surface area (Å²) in [6.45, 7) is 0. The molecule has 7 nitrogen and oxygen atoms in total. The van der Waals surface area contributed by atoms with Crippen molar-refractivity contribution in [2.75, 3.05) is 0 Å². The van der Waals surface area contributed by atoms with E-state index in [9.17, 15) is 19.7 Å². The van der Waals surface area contributed by atoms with Crippen LogP contribution in [0.2, 0.25) is 5.02 Å². The predicted molar refractivity (Wildman–Crippen MR) is 101 cm³/mol. The summed E-state index contributed by atoms with van der Waals surface area (Å²) >= 11 is 6.11. The third kappa shape index (κ3) is 2.69. The first-order valence-corrected chi connectivity index (χ1v) is 8.34. The average molecular weight is 382 g/mol. The lowest BCUT2D eigenvalue weighted by atomic mass is 9.95. The number of hydrogen-bond acceptors (Lipinski definition) is 4. The first-order chi connectivity index (χ1) is 12.9. The standard InChI is InChI=1S/C19H12ClN3O4/c1-22-9-14(13-8-11(20)5-6-15(13)22)17-16(18(24)21-19(17)25)10-3-2-4-12(7-10)23(26)27/h2-9H,1H3,(H,21,24,25). The van der Waals surface area contributed by atoms with Crippen LogP contribution >= 0.6 is 11.6 Å². The van der Waals surface area contributed by atoms with E-state index in [4.69, 9.17) is 11.6 Å². The molecule has 3 aromatic rings. The van der Waals surface area contributed by atoms with Crippen molar-refractivity contribution >= 4 is 51.2 Å². The van der Waals surface area contributed by atoms with Gasteiger partial charge < -0.3 is 4.57 Å². The fourth-order valence-corrected chi connectivity index (χ4v) is 3.50. The summed E-state index contributed by atoms with van der Waals surface area (Å²) in [5, 5.41) is 14.6. The molecule has 1 N–H and O–H groups in total. The molecule has 1 aliphatic heterocycles. The number of halogens is 1. The van der Waals surface area contributed by atoms with Crippen molar-refractivity contribution in [3.05, 3.63) is 74.9 Å². The Morgan fingerprint density at radius 2 is 1.81 bits per heavy atom. The van der Waals surface area contributed by atoms with Gasteiger partial charge in [0.25, 0.3) is 17.5 Å². The maximum absolute atomic E-state index is 12.6. The smallest absolute Gasteiger partial charge is 0.270 e. The largest absolute Gasteiger partial charge is 0.350 e. The highest BCUT2D eigenvalue weighted by molar-refractivity contribution is 6.50. The lowest BCUT2D eigenvalue weighted by molar-refractivity contribution is -0.384. The third-order valence-corrected chi connectivity index (χ3v) is 4.73. The maximum atomic E-state index is 12.6. The van der Waals surface area contributed by atoms with Gasteiger partial charge in [0.15, 0.2) is 0 Å². The van der Waals surface area contributed by atoms with Crippen molar-refractivity contribution in [2.45, 2.75) is 0 Å². The Morgan fingerprint density at radius 3 is 2.56 bits per heavy atom. The molecule has 0 bridgehead atoms. The van der Waals surface area contributed by atoms with Crippen LogP contribution in [0.3, 0.4) is 0 Å². The molecule has 0 radical (unpaired) electrons. The fraction of sp³-hybridized carbons (Fsp3) is 0.0526. The predicted octanol–water partition coefficient (Wildman–Crippen LogP) is 3.31. The number of rotatable bonds is 3. The lowest BCUT2D eigenvalue weighted by Crippen LogP contribution is -2.22. The monoisotopic (exact) mass is 381 g/mol. The molecule has 0 saturated carbocycles. The molecule has 1 aromatic heterocycles. The summed E-state index contributed by atoms with van der Waals surface area (Å²) in [7, 11) is 1.82. The molecule has 0 unspecified atom stereocenters. The van der Waals surface area contributed by atoms with Crippen molar-refractivity contribution in [3.8, 4) is 0 Å². The maximum Gasteiger partial charge on any atom is 0.270 e. The van der Waals surface area contributed by atoms with E-state index in [0.29, 0.717) is 21.5 Å². The zero-order valence-corrected chi connectivity index (χ0v) is 14.8. The van der Waals surface area contributed by atoms with Crippen LogP contribution in [0.4, 0.5) is 5.69 Å². The van der Waals surface area contributed by atoms with E-state index in [0.717, 1.165) is 5.52 Å². The summed E-state index contributed by atoms with van der Waals surface area (Å²) in [5.41, 5.74) is 1.81. The Hall–Kier alpha value is -3.45. The minimum absolute atomic E-state index is 0.108.